The van der Waals surface area contributed by atoms with Crippen LogP contribution in [-0.4, -0.2) is 39.9 Å². The number of aromatic nitrogens is 2. The van der Waals surface area contributed by atoms with Crippen molar-refractivity contribution in [3.05, 3.63) is 41.7 Å². The lowest BCUT2D eigenvalue weighted by Crippen LogP contribution is -2.33. The van der Waals surface area contributed by atoms with Gasteiger partial charge in [-0.15, -0.1) is 0 Å². The Morgan fingerprint density at radius 2 is 2.29 bits per heavy atom. The summed E-state index contributed by atoms with van der Waals surface area (Å²) in [4.78, 5) is 14.3. The van der Waals surface area contributed by atoms with Crippen LogP contribution in [-0.2, 0) is 0 Å². The highest BCUT2D eigenvalue weighted by Gasteiger charge is 2.28. The molecule has 1 aliphatic heterocycles. The Balaban J connectivity index is 1.68. The first-order valence-electron chi connectivity index (χ1n) is 8.04. The lowest BCUT2D eigenvalue weighted by Gasteiger charge is -2.20. The maximum atomic E-state index is 12.6. The Morgan fingerprint density at radius 3 is 3.00 bits per heavy atom. The second-order valence-corrected chi connectivity index (χ2v) is 6.55. The predicted molar refractivity (Wildman–Crippen MR) is 93.7 cm³/mol. The van der Waals surface area contributed by atoms with E-state index in [0.717, 1.165) is 6.42 Å². The van der Waals surface area contributed by atoms with Gasteiger partial charge in [-0.2, -0.15) is 5.10 Å². The molecular weight excluding hydrogens is 328 g/mol. The van der Waals surface area contributed by atoms with Crippen molar-refractivity contribution in [1.29, 1.82) is 0 Å². The van der Waals surface area contributed by atoms with Crippen molar-refractivity contribution in [2.45, 2.75) is 32.4 Å². The fourth-order valence-corrected chi connectivity index (χ4v) is 2.96. The van der Waals surface area contributed by atoms with Crippen LogP contribution in [0, 0.1) is 0 Å². The number of anilines is 1. The predicted octanol–water partition coefficient (Wildman–Crippen LogP) is 3.80. The maximum Gasteiger partial charge on any atom is 0.322 e. The third-order valence-electron chi connectivity index (χ3n) is 3.90. The highest BCUT2D eigenvalue weighted by atomic mass is 35.5. The van der Waals surface area contributed by atoms with Crippen LogP contribution < -0.4 is 10.1 Å². The molecule has 2 heterocycles. The van der Waals surface area contributed by atoms with Crippen LogP contribution in [0.4, 0.5) is 10.5 Å². The Bertz CT molecular complexity index is 703. The van der Waals surface area contributed by atoms with Crippen molar-refractivity contribution < 1.29 is 9.53 Å². The number of rotatable bonds is 4. The minimum Gasteiger partial charge on any atom is -0.489 e. The van der Waals surface area contributed by atoms with Crippen LogP contribution in [0.5, 0.6) is 5.75 Å². The molecule has 1 saturated heterocycles. The fraction of sp³-hybridized carbons (Fsp3) is 0.412. The smallest absolute Gasteiger partial charge is 0.322 e. The van der Waals surface area contributed by atoms with Crippen molar-refractivity contribution in [2.75, 3.05) is 18.4 Å². The van der Waals surface area contributed by atoms with Crippen molar-refractivity contribution >= 4 is 23.3 Å². The van der Waals surface area contributed by atoms with Gasteiger partial charge in [-0.3, -0.25) is 4.68 Å². The van der Waals surface area contributed by atoms with E-state index in [0.29, 0.717) is 29.5 Å². The van der Waals surface area contributed by atoms with Gasteiger partial charge in [-0.1, -0.05) is 11.6 Å². The maximum absolute atomic E-state index is 12.6. The first-order chi connectivity index (χ1) is 11.5. The average molecular weight is 349 g/mol. The fourth-order valence-electron chi connectivity index (χ4n) is 2.79. The summed E-state index contributed by atoms with van der Waals surface area (Å²) in [5, 5.41) is 7.72. The normalized spacial score (nSPS) is 17.3. The third kappa shape index (κ3) is 3.82. The molecule has 24 heavy (non-hydrogen) atoms. The summed E-state index contributed by atoms with van der Waals surface area (Å²) in [7, 11) is 0. The lowest BCUT2D eigenvalue weighted by molar-refractivity contribution is 0.219. The largest absolute Gasteiger partial charge is 0.489 e. The van der Waals surface area contributed by atoms with Crippen LogP contribution in [0.25, 0.3) is 0 Å². The summed E-state index contributed by atoms with van der Waals surface area (Å²) in [5.74, 6) is 0.616. The van der Waals surface area contributed by atoms with E-state index in [1.165, 1.54) is 0 Å². The summed E-state index contributed by atoms with van der Waals surface area (Å²) in [6, 6.07) is 7.19. The zero-order valence-corrected chi connectivity index (χ0v) is 14.5. The molecule has 3 rings (SSSR count). The minimum atomic E-state index is -0.152. The number of benzene rings is 1. The Labute approximate surface area is 146 Å². The van der Waals surface area contributed by atoms with Crippen LogP contribution in [0.2, 0.25) is 5.02 Å². The molecule has 128 valence electrons. The van der Waals surface area contributed by atoms with Gasteiger partial charge in [0.1, 0.15) is 5.75 Å². The van der Waals surface area contributed by atoms with Gasteiger partial charge in [-0.05, 0) is 44.5 Å². The zero-order chi connectivity index (χ0) is 17.1. The van der Waals surface area contributed by atoms with Crippen molar-refractivity contribution in [3.8, 4) is 5.75 Å². The van der Waals surface area contributed by atoms with Gasteiger partial charge in [0.25, 0.3) is 0 Å². The molecule has 2 amide bonds. The molecule has 2 aromatic rings. The van der Waals surface area contributed by atoms with E-state index in [4.69, 9.17) is 16.3 Å². The summed E-state index contributed by atoms with van der Waals surface area (Å²) in [6.07, 6.45) is 4.58. The SMILES string of the molecule is CC(C)Oc1ccc(Cl)cc1NC(=O)N1CC[C@@H](n2cccn2)C1. The van der Waals surface area contributed by atoms with Gasteiger partial charge >= 0.3 is 6.03 Å². The quantitative estimate of drug-likeness (QED) is 0.914. The molecule has 0 radical (unpaired) electrons. The van der Waals surface area contributed by atoms with Crippen molar-refractivity contribution in [3.63, 3.8) is 0 Å². The summed E-state index contributed by atoms with van der Waals surface area (Å²) in [5.41, 5.74) is 0.587. The Morgan fingerprint density at radius 1 is 1.46 bits per heavy atom. The molecule has 6 nitrogen and oxygen atoms in total. The third-order valence-corrected chi connectivity index (χ3v) is 4.13. The van der Waals surface area contributed by atoms with Gasteiger partial charge in [0, 0.05) is 30.5 Å². The number of likely N-dealkylation sites (tertiary alicyclic amines) is 1. The number of carbonyl (C=O) groups excluding carboxylic acids is 1. The zero-order valence-electron chi connectivity index (χ0n) is 13.8. The first-order valence-corrected chi connectivity index (χ1v) is 8.42. The number of hydrogen-bond donors (Lipinski definition) is 1. The van der Waals surface area contributed by atoms with E-state index in [2.05, 4.69) is 10.4 Å². The van der Waals surface area contributed by atoms with Gasteiger partial charge in [0.2, 0.25) is 0 Å². The topological polar surface area (TPSA) is 59.4 Å². The van der Waals surface area contributed by atoms with E-state index < -0.39 is 0 Å². The number of ether oxygens (including phenoxy) is 1. The summed E-state index contributed by atoms with van der Waals surface area (Å²) in [6.45, 7) is 5.20. The number of urea groups is 1. The Kier molecular flexibility index (Phi) is 4.94. The standard InChI is InChI=1S/C17H21ClN4O2/c1-12(2)24-16-5-4-13(18)10-15(16)20-17(23)21-9-6-14(11-21)22-8-3-7-19-22/h3-5,7-8,10,12,14H,6,9,11H2,1-2H3,(H,20,23)/t14-/m1/s1. The van der Waals surface area contributed by atoms with E-state index in [1.54, 1.807) is 29.3 Å². The second kappa shape index (κ2) is 7.13. The highest BCUT2D eigenvalue weighted by Crippen LogP contribution is 2.30. The molecule has 1 fully saturated rings. The number of carbonyl (C=O) groups is 1. The van der Waals surface area contributed by atoms with Gasteiger partial charge in [0.05, 0.1) is 17.8 Å². The molecule has 0 spiro atoms. The first kappa shape index (κ1) is 16.6. The van der Waals surface area contributed by atoms with Crippen LogP contribution in [0.3, 0.4) is 0 Å². The molecule has 1 aromatic heterocycles. The molecule has 7 heteroatoms. The number of amides is 2. The number of nitrogens with one attached hydrogen (secondary N) is 1. The molecule has 0 unspecified atom stereocenters. The average Bonchev–Trinajstić information content (AvgIpc) is 3.19. The minimum absolute atomic E-state index is 0.0119. The van der Waals surface area contributed by atoms with E-state index in [-0.39, 0.29) is 18.2 Å². The summed E-state index contributed by atoms with van der Waals surface area (Å²) < 4.78 is 7.64. The lowest BCUT2D eigenvalue weighted by atomic mass is 10.3. The van der Waals surface area contributed by atoms with Crippen molar-refractivity contribution in [1.82, 2.24) is 14.7 Å². The van der Waals surface area contributed by atoms with E-state index in [1.807, 2.05) is 30.8 Å². The summed E-state index contributed by atoms with van der Waals surface area (Å²) >= 11 is 6.06. The number of halogens is 1. The van der Waals surface area contributed by atoms with E-state index in [9.17, 15) is 4.79 Å². The van der Waals surface area contributed by atoms with Crippen LogP contribution >= 0.6 is 11.6 Å². The molecule has 1 aliphatic rings. The molecule has 0 saturated carbocycles. The molecule has 1 aromatic carbocycles. The van der Waals surface area contributed by atoms with E-state index >= 15 is 0 Å². The number of hydrogen-bond acceptors (Lipinski definition) is 3. The number of nitrogens with zero attached hydrogens (tertiary/aromatic N) is 3. The monoisotopic (exact) mass is 348 g/mol. The Hall–Kier alpha value is -2.21. The van der Waals surface area contributed by atoms with Gasteiger partial charge in [0.15, 0.2) is 0 Å². The van der Waals surface area contributed by atoms with Crippen molar-refractivity contribution in [2.24, 2.45) is 0 Å². The van der Waals surface area contributed by atoms with Crippen LogP contribution in [0.1, 0.15) is 26.3 Å². The molecule has 1 atom stereocenters. The molecule has 1 N–H and O–H groups in total. The van der Waals surface area contributed by atoms with Gasteiger partial charge < -0.3 is 15.0 Å². The molecule has 0 bridgehead atoms. The second-order valence-electron chi connectivity index (χ2n) is 6.11. The van der Waals surface area contributed by atoms with Crippen LogP contribution in [0.15, 0.2) is 36.7 Å². The molecular formula is C17H21ClN4O2. The molecule has 0 aliphatic carbocycles. The van der Waals surface area contributed by atoms with Gasteiger partial charge in [-0.25, -0.2) is 4.79 Å². The highest BCUT2D eigenvalue weighted by molar-refractivity contribution is 6.31.